The van der Waals surface area contributed by atoms with Crippen LogP contribution in [-0.4, -0.2) is 41.9 Å². The van der Waals surface area contributed by atoms with Crippen molar-refractivity contribution in [1.82, 2.24) is 10.6 Å². The zero-order valence-corrected chi connectivity index (χ0v) is 17.1. The molecule has 1 aliphatic rings. The molecule has 2 amide bonds. The van der Waals surface area contributed by atoms with E-state index in [1.165, 1.54) is 29.6 Å². The Bertz CT molecular complexity index is 931. The van der Waals surface area contributed by atoms with E-state index in [-0.39, 0.29) is 11.1 Å². The summed E-state index contributed by atoms with van der Waals surface area (Å²) in [7, 11) is 0. The first-order valence-corrected chi connectivity index (χ1v) is 9.94. The van der Waals surface area contributed by atoms with E-state index < -0.39 is 35.7 Å². The zero-order chi connectivity index (χ0) is 22.8. The van der Waals surface area contributed by atoms with Crippen molar-refractivity contribution in [2.45, 2.75) is 31.8 Å². The first kappa shape index (κ1) is 22.6. The van der Waals surface area contributed by atoms with E-state index in [0.29, 0.717) is 0 Å². The Kier molecular flexibility index (Phi) is 6.26. The van der Waals surface area contributed by atoms with Gasteiger partial charge in [0.2, 0.25) is 5.72 Å². The van der Waals surface area contributed by atoms with Crippen molar-refractivity contribution in [3.63, 3.8) is 0 Å². The monoisotopic (exact) mass is 435 g/mol. The number of hydrogen-bond acceptors (Lipinski definition) is 4. The van der Waals surface area contributed by atoms with E-state index in [0.717, 1.165) is 18.8 Å². The average molecular weight is 435 g/mol. The van der Waals surface area contributed by atoms with E-state index in [2.05, 4.69) is 5.32 Å². The summed E-state index contributed by atoms with van der Waals surface area (Å²) in [6, 6.07) is 11.3. The topological polar surface area (TPSA) is 81.7 Å². The molecule has 1 aliphatic heterocycles. The van der Waals surface area contributed by atoms with Gasteiger partial charge in [0.1, 0.15) is 5.92 Å². The molecule has 0 aliphatic carbocycles. The minimum Gasteiger partial charge on any atom is -0.372 e. The van der Waals surface area contributed by atoms with Gasteiger partial charge in [-0.25, -0.2) is 4.79 Å². The van der Waals surface area contributed by atoms with Gasteiger partial charge >= 0.3 is 12.2 Å². The number of amides is 2. The third-order valence-electron chi connectivity index (χ3n) is 5.53. The number of aliphatic hydroxyl groups is 1. The Balaban J connectivity index is 2.09. The molecule has 3 N–H and O–H groups in total. The number of carbonyl (C=O) groups is 2. The number of carbonyl (C=O) groups excluding carboxylic acids is 2. The first-order valence-electron chi connectivity index (χ1n) is 9.94. The van der Waals surface area contributed by atoms with Crippen LogP contribution in [0.1, 0.15) is 35.8 Å². The van der Waals surface area contributed by atoms with Gasteiger partial charge in [0.25, 0.3) is 0 Å². The van der Waals surface area contributed by atoms with E-state index in [1.807, 2.05) is 18.7 Å². The number of hydrogen-bond donors (Lipinski definition) is 3. The van der Waals surface area contributed by atoms with Gasteiger partial charge in [-0.15, -0.1) is 0 Å². The molecular weight excluding hydrogens is 411 g/mol. The second kappa shape index (κ2) is 8.58. The Hall–Kier alpha value is -3.07. The number of halogens is 3. The molecular formula is C22H24F3N3O3. The van der Waals surface area contributed by atoms with Crippen molar-refractivity contribution in [1.29, 1.82) is 0 Å². The largest absolute Gasteiger partial charge is 0.437 e. The van der Waals surface area contributed by atoms with Crippen LogP contribution >= 0.6 is 0 Å². The highest BCUT2D eigenvalue weighted by atomic mass is 19.4. The maximum absolute atomic E-state index is 13.9. The summed E-state index contributed by atoms with van der Waals surface area (Å²) in [4.78, 5) is 27.3. The number of nitrogens with one attached hydrogen (secondary N) is 2. The summed E-state index contributed by atoms with van der Waals surface area (Å²) in [6.07, 6.45) is -5.28. The lowest BCUT2D eigenvalue weighted by molar-refractivity contribution is -0.287. The summed E-state index contributed by atoms with van der Waals surface area (Å²) < 4.78 is 41.8. The predicted octanol–water partition coefficient (Wildman–Crippen LogP) is 3.64. The van der Waals surface area contributed by atoms with Crippen LogP contribution in [0.3, 0.4) is 0 Å². The second-order valence-corrected chi connectivity index (χ2v) is 7.31. The van der Waals surface area contributed by atoms with Crippen LogP contribution in [0.25, 0.3) is 0 Å². The lowest BCUT2D eigenvalue weighted by atomic mass is 9.77. The lowest BCUT2D eigenvalue weighted by Gasteiger charge is -2.45. The number of urea groups is 1. The molecule has 0 unspecified atom stereocenters. The van der Waals surface area contributed by atoms with Crippen LogP contribution in [0.5, 0.6) is 0 Å². The smallest absolute Gasteiger partial charge is 0.372 e. The maximum atomic E-state index is 13.9. The SMILES string of the molecule is CCN(CC)c1ccc([C@@H]2NC(=O)N[C@](O)(C(F)(F)F)[C@H]2C(=O)c2ccccc2)cc1. The molecule has 166 valence electrons. The molecule has 0 radical (unpaired) electrons. The van der Waals surface area contributed by atoms with Gasteiger partial charge in [-0.2, -0.15) is 13.2 Å². The minimum atomic E-state index is -5.28. The van der Waals surface area contributed by atoms with E-state index in [9.17, 15) is 27.9 Å². The fraction of sp³-hybridized carbons (Fsp3) is 0.364. The third kappa shape index (κ3) is 4.23. The van der Waals surface area contributed by atoms with Crippen molar-refractivity contribution in [3.8, 4) is 0 Å². The van der Waals surface area contributed by atoms with Crippen LogP contribution in [0.2, 0.25) is 0 Å². The molecule has 0 aromatic heterocycles. The number of anilines is 1. The lowest BCUT2D eigenvalue weighted by Crippen LogP contribution is -2.72. The highest BCUT2D eigenvalue weighted by molar-refractivity contribution is 6.00. The van der Waals surface area contributed by atoms with Crippen LogP contribution < -0.4 is 15.5 Å². The van der Waals surface area contributed by atoms with E-state index >= 15 is 0 Å². The Morgan fingerprint density at radius 3 is 2.16 bits per heavy atom. The fourth-order valence-electron chi connectivity index (χ4n) is 3.88. The van der Waals surface area contributed by atoms with Crippen molar-refractivity contribution < 1.29 is 27.9 Å². The van der Waals surface area contributed by atoms with Crippen molar-refractivity contribution in [3.05, 3.63) is 65.7 Å². The number of Topliss-reactive ketones (excluding diaryl/α,β-unsaturated/α-hetero) is 1. The molecule has 0 saturated carbocycles. The Labute approximate surface area is 178 Å². The Morgan fingerprint density at radius 1 is 1.06 bits per heavy atom. The quantitative estimate of drug-likeness (QED) is 0.606. The molecule has 2 aromatic rings. The molecule has 31 heavy (non-hydrogen) atoms. The zero-order valence-electron chi connectivity index (χ0n) is 17.1. The molecule has 2 aromatic carbocycles. The predicted molar refractivity (Wildman–Crippen MR) is 110 cm³/mol. The van der Waals surface area contributed by atoms with Crippen LogP contribution in [0, 0.1) is 5.92 Å². The van der Waals surface area contributed by atoms with Crippen LogP contribution in [-0.2, 0) is 0 Å². The molecule has 6 nitrogen and oxygen atoms in total. The third-order valence-corrected chi connectivity index (χ3v) is 5.53. The van der Waals surface area contributed by atoms with Crippen LogP contribution in [0.15, 0.2) is 54.6 Å². The fourth-order valence-corrected chi connectivity index (χ4v) is 3.88. The van der Waals surface area contributed by atoms with Gasteiger partial charge in [0.05, 0.1) is 6.04 Å². The standard InChI is InChI=1S/C22H24F3N3O3/c1-3-28(4-2)16-12-10-14(11-13-16)18-17(19(29)15-8-6-5-7-9-15)21(31,22(23,24)25)27-20(30)26-18/h5-13,17-18,31H,3-4H2,1-2H3,(H2,26,27,30)/t17-,18+,21-/m1/s1. The molecule has 0 bridgehead atoms. The van der Waals surface area contributed by atoms with Gasteiger partial charge in [-0.1, -0.05) is 42.5 Å². The van der Waals surface area contributed by atoms with Gasteiger partial charge in [0.15, 0.2) is 5.78 Å². The number of benzene rings is 2. The number of nitrogens with zero attached hydrogens (tertiary/aromatic N) is 1. The van der Waals surface area contributed by atoms with Gasteiger partial charge in [0, 0.05) is 24.3 Å². The average Bonchev–Trinajstić information content (AvgIpc) is 2.74. The highest BCUT2D eigenvalue weighted by Crippen LogP contribution is 2.44. The summed E-state index contributed by atoms with van der Waals surface area (Å²) in [5, 5.41) is 14.5. The van der Waals surface area contributed by atoms with Gasteiger partial charge in [-0.05, 0) is 31.5 Å². The summed E-state index contributed by atoms with van der Waals surface area (Å²) in [6.45, 7) is 5.43. The number of ketones is 1. The summed E-state index contributed by atoms with van der Waals surface area (Å²) in [5.41, 5.74) is -2.60. The van der Waals surface area contributed by atoms with E-state index in [1.54, 1.807) is 30.3 Å². The normalized spacial score (nSPS) is 23.6. The van der Waals surface area contributed by atoms with E-state index in [4.69, 9.17) is 0 Å². The van der Waals surface area contributed by atoms with Crippen molar-refractivity contribution in [2.24, 2.45) is 5.92 Å². The molecule has 0 spiro atoms. The first-order chi connectivity index (χ1) is 14.6. The summed E-state index contributed by atoms with van der Waals surface area (Å²) in [5.74, 6) is -2.97. The van der Waals surface area contributed by atoms with Gasteiger partial charge < -0.3 is 20.6 Å². The van der Waals surface area contributed by atoms with Gasteiger partial charge in [-0.3, -0.25) is 4.79 Å². The molecule has 9 heteroatoms. The second-order valence-electron chi connectivity index (χ2n) is 7.31. The Morgan fingerprint density at radius 2 is 1.65 bits per heavy atom. The van der Waals surface area contributed by atoms with Crippen LogP contribution in [0.4, 0.5) is 23.7 Å². The van der Waals surface area contributed by atoms with Crippen molar-refractivity contribution >= 4 is 17.5 Å². The molecule has 1 saturated heterocycles. The molecule has 1 heterocycles. The molecule has 3 atom stereocenters. The highest BCUT2D eigenvalue weighted by Gasteiger charge is 2.66. The number of alkyl halides is 3. The van der Waals surface area contributed by atoms with Crippen molar-refractivity contribution in [2.75, 3.05) is 18.0 Å². The minimum absolute atomic E-state index is 0.00196. The molecule has 1 fully saturated rings. The molecule has 3 rings (SSSR count). The maximum Gasteiger partial charge on any atom is 0.437 e. The number of rotatable bonds is 6. The summed E-state index contributed by atoms with van der Waals surface area (Å²) >= 11 is 0.